The van der Waals surface area contributed by atoms with Crippen molar-refractivity contribution in [2.24, 2.45) is 0 Å². The minimum atomic E-state index is -3.48. The minimum Gasteiger partial charge on any atom is -0.348 e. The van der Waals surface area contributed by atoms with E-state index in [-0.39, 0.29) is 12.5 Å². The lowest BCUT2D eigenvalue weighted by atomic mass is 10.1. The van der Waals surface area contributed by atoms with Crippen LogP contribution in [0.3, 0.4) is 0 Å². The van der Waals surface area contributed by atoms with E-state index in [2.05, 4.69) is 10.3 Å². The molecule has 1 heterocycles. The second kappa shape index (κ2) is 8.87. The number of carbonyl (C=O) groups is 1. The van der Waals surface area contributed by atoms with Crippen LogP contribution in [0.5, 0.6) is 0 Å². The van der Waals surface area contributed by atoms with Gasteiger partial charge in [-0.2, -0.15) is 0 Å². The van der Waals surface area contributed by atoms with Gasteiger partial charge in [0.05, 0.1) is 18.5 Å². The Morgan fingerprint density at radius 2 is 1.55 bits per heavy atom. The fourth-order valence-corrected chi connectivity index (χ4v) is 3.71. The van der Waals surface area contributed by atoms with E-state index in [1.54, 1.807) is 36.7 Å². The van der Waals surface area contributed by atoms with Gasteiger partial charge >= 0.3 is 0 Å². The van der Waals surface area contributed by atoms with E-state index in [1.165, 1.54) is 10.6 Å². The van der Waals surface area contributed by atoms with Crippen molar-refractivity contribution >= 4 is 21.6 Å². The molecule has 0 saturated heterocycles. The topological polar surface area (TPSA) is 79.4 Å². The maximum Gasteiger partial charge on any atom is 0.251 e. The van der Waals surface area contributed by atoms with Crippen LogP contribution in [0.15, 0.2) is 73.1 Å². The Labute approximate surface area is 171 Å². The first-order chi connectivity index (χ1) is 13.8. The standard InChI is InChI=1S/C22H23N3O3S/c1-17-3-5-19(6-4-17)16-25(29(2,27)28)21-9-7-20(8-10-21)22(26)24-15-18-11-13-23-14-12-18/h3-14H,15-16H2,1-2H3,(H,24,26). The number of nitrogens with one attached hydrogen (secondary N) is 1. The first-order valence-corrected chi connectivity index (χ1v) is 11.0. The molecule has 0 unspecified atom stereocenters. The Balaban J connectivity index is 1.73. The minimum absolute atomic E-state index is 0.224. The number of benzene rings is 2. The van der Waals surface area contributed by atoms with Crippen LogP contribution in [0.2, 0.25) is 0 Å². The molecule has 0 bridgehead atoms. The Morgan fingerprint density at radius 1 is 0.931 bits per heavy atom. The third kappa shape index (κ3) is 5.65. The maximum atomic E-state index is 12.4. The Kier molecular flexibility index (Phi) is 6.29. The number of carbonyl (C=O) groups excluding carboxylic acids is 1. The number of rotatable bonds is 7. The summed E-state index contributed by atoms with van der Waals surface area (Å²) in [7, 11) is -3.48. The quantitative estimate of drug-likeness (QED) is 0.649. The van der Waals surface area contributed by atoms with E-state index < -0.39 is 10.0 Å². The summed E-state index contributed by atoms with van der Waals surface area (Å²) in [5.41, 5.74) is 3.93. The van der Waals surface area contributed by atoms with E-state index in [0.29, 0.717) is 17.8 Å². The van der Waals surface area contributed by atoms with Gasteiger partial charge in [-0.3, -0.25) is 14.1 Å². The zero-order chi connectivity index (χ0) is 20.9. The molecule has 1 amide bonds. The van der Waals surface area contributed by atoms with E-state index in [1.807, 2.05) is 43.3 Å². The summed E-state index contributed by atoms with van der Waals surface area (Å²) >= 11 is 0. The highest BCUT2D eigenvalue weighted by Gasteiger charge is 2.18. The van der Waals surface area contributed by atoms with Crippen LogP contribution in [-0.4, -0.2) is 25.6 Å². The Morgan fingerprint density at radius 3 is 2.14 bits per heavy atom. The fourth-order valence-electron chi connectivity index (χ4n) is 2.82. The van der Waals surface area contributed by atoms with Gasteiger partial charge in [0.1, 0.15) is 0 Å². The van der Waals surface area contributed by atoms with Crippen LogP contribution in [0.25, 0.3) is 0 Å². The summed E-state index contributed by atoms with van der Waals surface area (Å²) in [6.45, 7) is 2.61. The van der Waals surface area contributed by atoms with Gasteiger partial charge in [0.2, 0.25) is 10.0 Å². The summed E-state index contributed by atoms with van der Waals surface area (Å²) < 4.78 is 26.0. The normalized spacial score (nSPS) is 11.1. The molecule has 150 valence electrons. The molecule has 3 aromatic rings. The van der Waals surface area contributed by atoms with Crippen molar-refractivity contribution in [2.45, 2.75) is 20.0 Å². The van der Waals surface area contributed by atoms with Crippen molar-refractivity contribution in [3.8, 4) is 0 Å². The van der Waals surface area contributed by atoms with Gasteiger partial charge in [0.15, 0.2) is 0 Å². The molecule has 0 aliphatic rings. The van der Waals surface area contributed by atoms with E-state index >= 15 is 0 Å². The van der Waals surface area contributed by atoms with Crippen molar-refractivity contribution in [1.29, 1.82) is 0 Å². The smallest absolute Gasteiger partial charge is 0.251 e. The van der Waals surface area contributed by atoms with Crippen molar-refractivity contribution in [3.05, 3.63) is 95.3 Å². The molecule has 1 N–H and O–H groups in total. The predicted molar refractivity (Wildman–Crippen MR) is 114 cm³/mol. The molecule has 0 fully saturated rings. The largest absolute Gasteiger partial charge is 0.348 e. The van der Waals surface area contributed by atoms with Crippen molar-refractivity contribution in [1.82, 2.24) is 10.3 Å². The molecule has 0 spiro atoms. The fraction of sp³-hybridized carbons (Fsp3) is 0.182. The number of anilines is 1. The van der Waals surface area contributed by atoms with Crippen molar-refractivity contribution in [2.75, 3.05) is 10.6 Å². The van der Waals surface area contributed by atoms with Gasteiger partial charge in [0.25, 0.3) is 5.91 Å². The Bertz CT molecular complexity index is 1060. The summed E-state index contributed by atoms with van der Waals surface area (Å²) in [5.74, 6) is -0.224. The number of aryl methyl sites for hydroxylation is 1. The van der Waals surface area contributed by atoms with Crippen LogP contribution < -0.4 is 9.62 Å². The average molecular weight is 410 g/mol. The predicted octanol–water partition coefficient (Wildman–Crippen LogP) is 3.29. The van der Waals surface area contributed by atoms with Crippen LogP contribution in [0.4, 0.5) is 5.69 Å². The Hall–Kier alpha value is -3.19. The second-order valence-corrected chi connectivity index (χ2v) is 8.75. The highest BCUT2D eigenvalue weighted by molar-refractivity contribution is 7.92. The zero-order valence-electron chi connectivity index (χ0n) is 16.4. The van der Waals surface area contributed by atoms with Gasteiger partial charge in [-0.15, -0.1) is 0 Å². The molecule has 6 nitrogen and oxygen atoms in total. The summed E-state index contributed by atoms with van der Waals surface area (Å²) in [4.78, 5) is 16.3. The third-order valence-electron chi connectivity index (χ3n) is 4.47. The summed E-state index contributed by atoms with van der Waals surface area (Å²) in [6.07, 6.45) is 4.52. The number of nitrogens with zero attached hydrogens (tertiary/aromatic N) is 2. The third-order valence-corrected chi connectivity index (χ3v) is 5.61. The second-order valence-electron chi connectivity index (χ2n) is 6.84. The summed E-state index contributed by atoms with van der Waals surface area (Å²) in [6, 6.07) is 17.9. The molecule has 3 rings (SSSR count). The number of sulfonamides is 1. The molecule has 0 radical (unpaired) electrons. The lowest BCUT2D eigenvalue weighted by Gasteiger charge is -2.23. The van der Waals surface area contributed by atoms with Gasteiger partial charge in [0, 0.05) is 24.5 Å². The van der Waals surface area contributed by atoms with E-state index in [9.17, 15) is 13.2 Å². The average Bonchev–Trinajstić information content (AvgIpc) is 2.71. The van der Waals surface area contributed by atoms with Gasteiger partial charge in [-0.05, 0) is 54.4 Å². The van der Waals surface area contributed by atoms with E-state index in [4.69, 9.17) is 0 Å². The first-order valence-electron chi connectivity index (χ1n) is 9.13. The number of aromatic nitrogens is 1. The highest BCUT2D eigenvalue weighted by Crippen LogP contribution is 2.21. The molecule has 1 aromatic heterocycles. The van der Waals surface area contributed by atoms with Gasteiger partial charge in [-0.25, -0.2) is 8.42 Å². The lowest BCUT2D eigenvalue weighted by molar-refractivity contribution is 0.0951. The molecular weight excluding hydrogens is 386 g/mol. The summed E-state index contributed by atoms with van der Waals surface area (Å²) in [5, 5.41) is 2.84. The van der Waals surface area contributed by atoms with Crippen LogP contribution in [-0.2, 0) is 23.1 Å². The van der Waals surface area contributed by atoms with Crippen LogP contribution in [0, 0.1) is 6.92 Å². The van der Waals surface area contributed by atoms with Crippen molar-refractivity contribution < 1.29 is 13.2 Å². The number of hydrogen-bond acceptors (Lipinski definition) is 4. The molecule has 29 heavy (non-hydrogen) atoms. The molecule has 0 atom stereocenters. The van der Waals surface area contributed by atoms with Gasteiger partial charge < -0.3 is 5.32 Å². The molecule has 7 heteroatoms. The van der Waals surface area contributed by atoms with Crippen LogP contribution in [0.1, 0.15) is 27.0 Å². The molecular formula is C22H23N3O3S. The number of hydrogen-bond donors (Lipinski definition) is 1. The zero-order valence-corrected chi connectivity index (χ0v) is 17.2. The number of pyridine rings is 1. The van der Waals surface area contributed by atoms with E-state index in [0.717, 1.165) is 16.7 Å². The first kappa shape index (κ1) is 20.5. The van der Waals surface area contributed by atoms with Gasteiger partial charge in [-0.1, -0.05) is 29.8 Å². The maximum absolute atomic E-state index is 12.4. The van der Waals surface area contributed by atoms with Crippen LogP contribution >= 0.6 is 0 Å². The molecule has 2 aromatic carbocycles. The SMILES string of the molecule is Cc1ccc(CN(c2ccc(C(=O)NCc3ccncc3)cc2)S(C)(=O)=O)cc1. The number of amides is 1. The molecule has 0 aliphatic carbocycles. The monoisotopic (exact) mass is 409 g/mol. The molecule has 0 saturated carbocycles. The highest BCUT2D eigenvalue weighted by atomic mass is 32.2. The lowest BCUT2D eigenvalue weighted by Crippen LogP contribution is -2.29. The van der Waals surface area contributed by atoms with Crippen molar-refractivity contribution in [3.63, 3.8) is 0 Å². The molecule has 0 aliphatic heterocycles.